The molecule has 0 spiro atoms. The Morgan fingerprint density at radius 2 is 2.31 bits per heavy atom. The molecule has 0 atom stereocenters. The summed E-state index contributed by atoms with van der Waals surface area (Å²) < 4.78 is 18.3. The summed E-state index contributed by atoms with van der Waals surface area (Å²) in [6, 6.07) is 4.23. The van der Waals surface area contributed by atoms with E-state index in [2.05, 4.69) is 21.9 Å². The van der Waals surface area contributed by atoms with Crippen molar-refractivity contribution < 1.29 is 9.13 Å². The highest BCUT2D eigenvalue weighted by molar-refractivity contribution is 5.40. The van der Waals surface area contributed by atoms with Crippen LogP contribution in [-0.2, 0) is 0 Å². The highest BCUT2D eigenvalue weighted by Gasteiger charge is 1.98. The predicted molar refractivity (Wildman–Crippen MR) is 58.5 cm³/mol. The Hall–Kier alpha value is -2.18. The highest BCUT2D eigenvalue weighted by Crippen LogP contribution is 2.15. The summed E-state index contributed by atoms with van der Waals surface area (Å²) in [5.41, 5.74) is 8.53. The zero-order valence-electron chi connectivity index (χ0n) is 8.77. The molecular formula is C11H10FN3O. The Morgan fingerprint density at radius 3 is 3.00 bits per heavy atom. The molecular weight excluding hydrogens is 209 g/mol. The molecule has 1 aromatic rings. The quantitative estimate of drug-likeness (QED) is 0.333. The van der Waals surface area contributed by atoms with E-state index in [0.29, 0.717) is 17.9 Å². The first-order valence-corrected chi connectivity index (χ1v) is 4.69. The first kappa shape index (κ1) is 11.9. The van der Waals surface area contributed by atoms with Crippen molar-refractivity contribution >= 4 is 0 Å². The molecule has 0 aliphatic carbocycles. The van der Waals surface area contributed by atoms with E-state index in [0.717, 1.165) is 0 Å². The van der Waals surface area contributed by atoms with Gasteiger partial charge in [-0.2, -0.15) is 0 Å². The summed E-state index contributed by atoms with van der Waals surface area (Å²) >= 11 is 0. The van der Waals surface area contributed by atoms with Crippen molar-refractivity contribution in [3.05, 3.63) is 40.0 Å². The first-order valence-electron chi connectivity index (χ1n) is 4.69. The standard InChI is InChI=1S/C11H10FN3O/c1-2-16-11-7-9(6-10(12)8-11)4-3-5-14-15-13/h6-8H,2,5H2,1H3. The largest absolute Gasteiger partial charge is 0.494 e. The Labute approximate surface area is 92.7 Å². The van der Waals surface area contributed by atoms with Crippen LogP contribution < -0.4 is 4.74 Å². The minimum absolute atomic E-state index is 0.0664. The third kappa shape index (κ3) is 3.91. The zero-order chi connectivity index (χ0) is 11.8. The van der Waals surface area contributed by atoms with Gasteiger partial charge in [0.1, 0.15) is 11.6 Å². The maximum atomic E-state index is 13.1. The number of azide groups is 1. The van der Waals surface area contributed by atoms with Crippen molar-refractivity contribution in [2.75, 3.05) is 13.2 Å². The van der Waals surface area contributed by atoms with E-state index in [1.807, 2.05) is 6.92 Å². The van der Waals surface area contributed by atoms with E-state index in [4.69, 9.17) is 10.3 Å². The SMILES string of the molecule is CCOc1cc(F)cc(C#CCN=[N+]=[N-])c1. The van der Waals surface area contributed by atoms with Gasteiger partial charge in [-0.1, -0.05) is 17.0 Å². The van der Waals surface area contributed by atoms with E-state index in [1.54, 1.807) is 6.07 Å². The fourth-order valence-corrected chi connectivity index (χ4v) is 1.09. The van der Waals surface area contributed by atoms with Gasteiger partial charge in [0.15, 0.2) is 0 Å². The molecule has 0 aliphatic rings. The molecule has 0 fully saturated rings. The minimum Gasteiger partial charge on any atom is -0.494 e. The van der Waals surface area contributed by atoms with Crippen molar-refractivity contribution in [3.63, 3.8) is 0 Å². The summed E-state index contributed by atoms with van der Waals surface area (Å²) in [6.07, 6.45) is 0. The van der Waals surface area contributed by atoms with E-state index in [1.165, 1.54) is 12.1 Å². The molecule has 82 valence electrons. The Morgan fingerprint density at radius 1 is 1.50 bits per heavy atom. The van der Waals surface area contributed by atoms with Gasteiger partial charge >= 0.3 is 0 Å². The van der Waals surface area contributed by atoms with Gasteiger partial charge in [0.2, 0.25) is 0 Å². The molecule has 0 heterocycles. The zero-order valence-corrected chi connectivity index (χ0v) is 8.77. The molecule has 0 saturated heterocycles. The van der Waals surface area contributed by atoms with Crippen molar-refractivity contribution in [2.45, 2.75) is 6.92 Å². The average Bonchev–Trinajstić information content (AvgIpc) is 2.24. The summed E-state index contributed by atoms with van der Waals surface area (Å²) in [4.78, 5) is 2.56. The topological polar surface area (TPSA) is 58.0 Å². The van der Waals surface area contributed by atoms with Crippen molar-refractivity contribution in [3.8, 4) is 17.6 Å². The van der Waals surface area contributed by atoms with Gasteiger partial charge < -0.3 is 4.74 Å². The van der Waals surface area contributed by atoms with Gasteiger partial charge in [0.05, 0.1) is 13.2 Å². The Bertz CT molecular complexity index is 470. The van der Waals surface area contributed by atoms with Crippen LogP contribution in [-0.4, -0.2) is 13.2 Å². The number of rotatable bonds is 3. The van der Waals surface area contributed by atoms with Crippen LogP contribution in [0.3, 0.4) is 0 Å². The van der Waals surface area contributed by atoms with Gasteiger partial charge in [-0.25, -0.2) is 4.39 Å². The third-order valence-corrected chi connectivity index (χ3v) is 1.63. The van der Waals surface area contributed by atoms with Crippen molar-refractivity contribution in [2.24, 2.45) is 5.11 Å². The lowest BCUT2D eigenvalue weighted by Gasteiger charge is -2.03. The van der Waals surface area contributed by atoms with E-state index in [9.17, 15) is 4.39 Å². The first-order chi connectivity index (χ1) is 7.76. The lowest BCUT2D eigenvalue weighted by atomic mass is 10.2. The second-order valence-corrected chi connectivity index (χ2v) is 2.80. The molecule has 1 rings (SSSR count). The van der Waals surface area contributed by atoms with Crippen LogP contribution in [0.25, 0.3) is 10.4 Å². The lowest BCUT2D eigenvalue weighted by molar-refractivity contribution is 0.338. The molecule has 5 heteroatoms. The summed E-state index contributed by atoms with van der Waals surface area (Å²) in [5.74, 6) is 5.33. The summed E-state index contributed by atoms with van der Waals surface area (Å²) in [6.45, 7) is 2.35. The van der Waals surface area contributed by atoms with Gasteiger partial charge in [0.25, 0.3) is 0 Å². The molecule has 1 aromatic carbocycles. The molecule has 0 N–H and O–H groups in total. The number of halogens is 1. The smallest absolute Gasteiger partial charge is 0.128 e. The van der Waals surface area contributed by atoms with Gasteiger partial charge in [0, 0.05) is 16.5 Å². The molecule has 0 radical (unpaired) electrons. The normalized spacial score (nSPS) is 8.62. The average molecular weight is 219 g/mol. The molecule has 4 nitrogen and oxygen atoms in total. The van der Waals surface area contributed by atoms with E-state index < -0.39 is 5.82 Å². The van der Waals surface area contributed by atoms with Crippen LogP contribution in [0, 0.1) is 17.7 Å². The highest BCUT2D eigenvalue weighted by atomic mass is 19.1. The fourth-order valence-electron chi connectivity index (χ4n) is 1.09. The minimum atomic E-state index is -0.404. The van der Waals surface area contributed by atoms with Crippen molar-refractivity contribution in [1.82, 2.24) is 0 Å². The molecule has 0 unspecified atom stereocenters. The van der Waals surface area contributed by atoms with Crippen LogP contribution in [0.1, 0.15) is 12.5 Å². The van der Waals surface area contributed by atoms with Crippen molar-refractivity contribution in [1.29, 1.82) is 0 Å². The summed E-state index contributed by atoms with van der Waals surface area (Å²) in [7, 11) is 0. The number of hydrogen-bond donors (Lipinski definition) is 0. The Kier molecular flexibility index (Phi) is 4.71. The molecule has 0 saturated carbocycles. The maximum absolute atomic E-state index is 13.1. The second-order valence-electron chi connectivity index (χ2n) is 2.80. The lowest BCUT2D eigenvalue weighted by Crippen LogP contribution is -1.92. The monoisotopic (exact) mass is 219 g/mol. The molecule has 16 heavy (non-hydrogen) atoms. The van der Waals surface area contributed by atoms with E-state index in [-0.39, 0.29) is 6.54 Å². The molecule has 0 aromatic heterocycles. The van der Waals surface area contributed by atoms with Crippen LogP contribution >= 0.6 is 0 Å². The number of hydrogen-bond acceptors (Lipinski definition) is 2. The molecule has 0 bridgehead atoms. The number of ether oxygens (including phenoxy) is 1. The summed E-state index contributed by atoms with van der Waals surface area (Å²) in [5, 5.41) is 3.25. The van der Waals surface area contributed by atoms with Crippen LogP contribution in [0.15, 0.2) is 23.3 Å². The second kappa shape index (κ2) is 6.33. The van der Waals surface area contributed by atoms with Gasteiger partial charge in [-0.15, -0.1) is 0 Å². The maximum Gasteiger partial charge on any atom is 0.128 e. The van der Waals surface area contributed by atoms with Crippen LogP contribution in [0.2, 0.25) is 0 Å². The number of benzene rings is 1. The third-order valence-electron chi connectivity index (χ3n) is 1.63. The van der Waals surface area contributed by atoms with Gasteiger partial charge in [-0.05, 0) is 24.6 Å². The van der Waals surface area contributed by atoms with Crippen LogP contribution in [0.5, 0.6) is 5.75 Å². The number of nitrogens with zero attached hydrogens (tertiary/aromatic N) is 3. The molecule has 0 aliphatic heterocycles. The van der Waals surface area contributed by atoms with Crippen LogP contribution in [0.4, 0.5) is 4.39 Å². The fraction of sp³-hybridized carbons (Fsp3) is 0.273. The molecule has 0 amide bonds. The Balaban J connectivity index is 2.85. The van der Waals surface area contributed by atoms with E-state index >= 15 is 0 Å². The predicted octanol–water partition coefficient (Wildman–Crippen LogP) is 2.89. The van der Waals surface area contributed by atoms with Gasteiger partial charge in [-0.3, -0.25) is 0 Å².